The van der Waals surface area contributed by atoms with E-state index in [9.17, 15) is 14.4 Å². The molecule has 6 nitrogen and oxygen atoms in total. The van der Waals surface area contributed by atoms with Gasteiger partial charge in [-0.05, 0) is 89.7 Å². The summed E-state index contributed by atoms with van der Waals surface area (Å²) in [5.41, 5.74) is 5.35. The lowest BCUT2D eigenvalue weighted by Gasteiger charge is -2.18. The van der Waals surface area contributed by atoms with Gasteiger partial charge in [-0.1, -0.05) is 104 Å². The van der Waals surface area contributed by atoms with E-state index in [4.69, 9.17) is 11.6 Å². The molecule has 48 heavy (non-hydrogen) atoms. The van der Waals surface area contributed by atoms with E-state index in [1.165, 1.54) is 17.3 Å². The number of halogens is 1. The van der Waals surface area contributed by atoms with Gasteiger partial charge in [0.15, 0.2) is 0 Å². The average molecular weight is 674 g/mol. The molecule has 0 heterocycles. The summed E-state index contributed by atoms with van der Waals surface area (Å²) in [7, 11) is 0. The molecular weight excluding hydrogens is 638 g/mol. The van der Waals surface area contributed by atoms with Crippen LogP contribution in [0.25, 0.3) is 6.08 Å². The summed E-state index contributed by atoms with van der Waals surface area (Å²) in [4.78, 5) is 41.0. The summed E-state index contributed by atoms with van der Waals surface area (Å²) in [6.07, 6.45) is 1.66. The molecule has 0 saturated carbocycles. The van der Waals surface area contributed by atoms with Gasteiger partial charge >= 0.3 is 0 Å². The summed E-state index contributed by atoms with van der Waals surface area (Å²) in [5.74, 6) is -0.666. The van der Waals surface area contributed by atoms with Gasteiger partial charge in [0.2, 0.25) is 5.91 Å². The molecule has 0 radical (unpaired) electrons. The van der Waals surface area contributed by atoms with Gasteiger partial charge < -0.3 is 16.0 Å². The molecule has 0 aromatic heterocycles. The Hall–Kier alpha value is -5.11. The summed E-state index contributed by atoms with van der Waals surface area (Å²) < 4.78 is 0. The zero-order valence-electron chi connectivity index (χ0n) is 26.9. The van der Waals surface area contributed by atoms with Crippen molar-refractivity contribution < 1.29 is 14.4 Å². The second-order valence-electron chi connectivity index (χ2n) is 11.5. The number of carbonyl (C=O) groups is 3. The standard InChI is InChI=1S/C40H36ClN3O3S/c1-26(2)29-19-17-28(18-20-29)25-36(44-38(45)31-13-8-5-9-14-31)39(46)42-32-21-23-33(24-22-32)48-37(30-11-6-4-7-12-30)40(47)43-35-16-10-15-34(41)27(35)3/h4-26,37H,1-3H3,(H,42,46)(H,43,47)(H,44,45)/b36-25-. The monoisotopic (exact) mass is 673 g/mol. The smallest absolute Gasteiger partial charge is 0.272 e. The molecule has 0 aliphatic heterocycles. The van der Waals surface area contributed by atoms with Gasteiger partial charge in [-0.25, -0.2) is 0 Å². The van der Waals surface area contributed by atoms with Gasteiger partial charge in [0.1, 0.15) is 10.9 Å². The third kappa shape index (κ3) is 9.03. The van der Waals surface area contributed by atoms with Gasteiger partial charge in [-0.2, -0.15) is 0 Å². The molecule has 0 spiro atoms. The van der Waals surface area contributed by atoms with Crippen LogP contribution in [0.1, 0.15) is 57.6 Å². The van der Waals surface area contributed by atoms with Crippen molar-refractivity contribution in [2.45, 2.75) is 36.8 Å². The van der Waals surface area contributed by atoms with Crippen molar-refractivity contribution in [2.24, 2.45) is 0 Å². The van der Waals surface area contributed by atoms with Crippen LogP contribution in [0.2, 0.25) is 5.02 Å². The Bertz CT molecular complexity index is 1910. The molecular formula is C40H36ClN3O3S. The average Bonchev–Trinajstić information content (AvgIpc) is 3.10. The van der Waals surface area contributed by atoms with Crippen LogP contribution in [-0.2, 0) is 9.59 Å². The maximum absolute atomic E-state index is 13.6. The van der Waals surface area contributed by atoms with E-state index >= 15 is 0 Å². The Labute approximate surface area is 290 Å². The third-order valence-corrected chi connectivity index (χ3v) is 9.35. The van der Waals surface area contributed by atoms with Crippen LogP contribution in [0.4, 0.5) is 11.4 Å². The van der Waals surface area contributed by atoms with Gasteiger partial charge in [0.05, 0.1) is 0 Å². The molecule has 5 aromatic rings. The molecule has 1 atom stereocenters. The highest BCUT2D eigenvalue weighted by molar-refractivity contribution is 8.00. The fourth-order valence-electron chi connectivity index (χ4n) is 4.88. The van der Waals surface area contributed by atoms with E-state index in [1.54, 1.807) is 54.6 Å². The molecule has 8 heteroatoms. The number of hydrogen-bond donors (Lipinski definition) is 3. The van der Waals surface area contributed by atoms with E-state index in [2.05, 4.69) is 29.8 Å². The van der Waals surface area contributed by atoms with Crippen molar-refractivity contribution >= 4 is 58.5 Å². The molecule has 5 aromatic carbocycles. The van der Waals surface area contributed by atoms with Crippen LogP contribution >= 0.6 is 23.4 Å². The van der Waals surface area contributed by atoms with Crippen molar-refractivity contribution in [3.8, 4) is 0 Å². The van der Waals surface area contributed by atoms with Gasteiger partial charge in [0.25, 0.3) is 11.8 Å². The Morgan fingerprint density at radius 2 is 1.35 bits per heavy atom. The summed E-state index contributed by atoms with van der Waals surface area (Å²) in [6, 6.07) is 38.9. The van der Waals surface area contributed by atoms with Crippen LogP contribution in [-0.4, -0.2) is 17.7 Å². The minimum atomic E-state index is -0.546. The van der Waals surface area contributed by atoms with E-state index < -0.39 is 11.2 Å². The fourth-order valence-corrected chi connectivity index (χ4v) is 6.08. The summed E-state index contributed by atoms with van der Waals surface area (Å²) in [5, 5.41) is 8.76. The Morgan fingerprint density at radius 3 is 2.00 bits per heavy atom. The van der Waals surface area contributed by atoms with E-state index in [0.29, 0.717) is 27.9 Å². The van der Waals surface area contributed by atoms with Gasteiger partial charge in [-0.3, -0.25) is 14.4 Å². The summed E-state index contributed by atoms with van der Waals surface area (Å²) >= 11 is 7.69. The van der Waals surface area contributed by atoms with Crippen LogP contribution in [0.15, 0.2) is 138 Å². The molecule has 5 rings (SSSR count). The number of anilines is 2. The normalized spacial score (nSPS) is 11.9. The largest absolute Gasteiger partial charge is 0.325 e. The number of hydrogen-bond acceptors (Lipinski definition) is 4. The lowest BCUT2D eigenvalue weighted by molar-refractivity contribution is -0.116. The molecule has 0 aliphatic rings. The zero-order valence-corrected chi connectivity index (χ0v) is 28.4. The number of rotatable bonds is 11. The lowest BCUT2D eigenvalue weighted by Crippen LogP contribution is -2.30. The zero-order chi connectivity index (χ0) is 34.0. The van der Waals surface area contributed by atoms with E-state index in [-0.39, 0.29) is 17.5 Å². The topological polar surface area (TPSA) is 87.3 Å². The van der Waals surface area contributed by atoms with Crippen LogP contribution in [0.5, 0.6) is 0 Å². The van der Waals surface area contributed by atoms with Crippen LogP contribution in [0, 0.1) is 6.92 Å². The first-order chi connectivity index (χ1) is 23.2. The van der Waals surface area contributed by atoms with Crippen molar-refractivity contribution in [2.75, 3.05) is 10.6 Å². The van der Waals surface area contributed by atoms with Crippen LogP contribution in [0.3, 0.4) is 0 Å². The van der Waals surface area contributed by atoms with E-state index in [0.717, 1.165) is 21.6 Å². The van der Waals surface area contributed by atoms with Crippen molar-refractivity contribution in [1.82, 2.24) is 5.32 Å². The highest BCUT2D eigenvalue weighted by Gasteiger charge is 2.23. The molecule has 242 valence electrons. The fraction of sp³-hybridized carbons (Fsp3) is 0.125. The van der Waals surface area contributed by atoms with Gasteiger partial charge in [0, 0.05) is 26.9 Å². The highest BCUT2D eigenvalue weighted by atomic mass is 35.5. The van der Waals surface area contributed by atoms with Crippen molar-refractivity contribution in [3.05, 3.63) is 166 Å². The molecule has 0 bridgehead atoms. The van der Waals surface area contributed by atoms with Crippen molar-refractivity contribution in [1.29, 1.82) is 0 Å². The highest BCUT2D eigenvalue weighted by Crippen LogP contribution is 2.37. The SMILES string of the molecule is Cc1c(Cl)cccc1NC(=O)C(Sc1ccc(NC(=O)/C(=C/c2ccc(C(C)C)cc2)NC(=O)c2ccccc2)cc1)c1ccccc1. The molecule has 0 aliphatic carbocycles. The first-order valence-corrected chi connectivity index (χ1v) is 16.8. The maximum atomic E-state index is 13.6. The number of amides is 3. The quantitative estimate of drug-likeness (QED) is 0.0962. The lowest BCUT2D eigenvalue weighted by atomic mass is 10.0. The molecule has 3 N–H and O–H groups in total. The molecule has 0 fully saturated rings. The molecule has 3 amide bonds. The predicted octanol–water partition coefficient (Wildman–Crippen LogP) is 9.65. The Kier molecular flexibility index (Phi) is 11.5. The molecule has 1 unspecified atom stereocenters. The minimum absolute atomic E-state index is 0.108. The van der Waals surface area contributed by atoms with Gasteiger partial charge in [-0.15, -0.1) is 11.8 Å². The molecule has 0 saturated heterocycles. The predicted molar refractivity (Wildman–Crippen MR) is 197 cm³/mol. The second kappa shape index (κ2) is 16.1. The van der Waals surface area contributed by atoms with Crippen LogP contribution < -0.4 is 16.0 Å². The Balaban J connectivity index is 1.34. The second-order valence-corrected chi connectivity index (χ2v) is 13.1. The Morgan fingerprint density at radius 1 is 0.708 bits per heavy atom. The minimum Gasteiger partial charge on any atom is -0.325 e. The number of benzene rings is 5. The third-order valence-electron chi connectivity index (χ3n) is 7.68. The maximum Gasteiger partial charge on any atom is 0.272 e. The number of carbonyl (C=O) groups excluding carboxylic acids is 3. The number of nitrogens with one attached hydrogen (secondary N) is 3. The van der Waals surface area contributed by atoms with E-state index in [1.807, 2.05) is 85.8 Å². The number of thioether (sulfide) groups is 1. The van der Waals surface area contributed by atoms with Crippen molar-refractivity contribution in [3.63, 3.8) is 0 Å². The summed E-state index contributed by atoms with van der Waals surface area (Å²) in [6.45, 7) is 6.10. The first-order valence-electron chi connectivity index (χ1n) is 15.5. The first kappa shape index (κ1) is 34.2.